The van der Waals surface area contributed by atoms with E-state index in [1.54, 1.807) is 6.08 Å². The average molecular weight is 346 g/mol. The summed E-state index contributed by atoms with van der Waals surface area (Å²) in [4.78, 5) is 23.5. The number of aliphatic hydroxyl groups excluding tert-OH is 1. The summed E-state index contributed by atoms with van der Waals surface area (Å²) >= 11 is 0. The molecule has 2 heterocycles. The molecule has 0 bridgehead atoms. The van der Waals surface area contributed by atoms with Crippen molar-refractivity contribution in [3.05, 3.63) is 23.3 Å². The highest BCUT2D eigenvalue weighted by molar-refractivity contribution is 5.92. The molecule has 0 amide bonds. The molecule has 1 N–H and O–H groups in total. The Labute approximate surface area is 148 Å². The molecule has 4 aliphatic rings. The molecule has 25 heavy (non-hydrogen) atoms. The fourth-order valence-corrected chi connectivity index (χ4v) is 5.77. The summed E-state index contributed by atoms with van der Waals surface area (Å²) < 4.78 is 10.5. The van der Waals surface area contributed by atoms with Crippen LogP contribution in [0, 0.1) is 22.7 Å². The number of hydrogen-bond donors (Lipinski definition) is 1. The predicted molar refractivity (Wildman–Crippen MR) is 90.4 cm³/mol. The van der Waals surface area contributed by atoms with Gasteiger partial charge in [-0.25, -0.2) is 9.59 Å². The third-order valence-electron chi connectivity index (χ3n) is 7.33. The lowest BCUT2D eigenvalue weighted by Crippen LogP contribution is -2.56. The van der Waals surface area contributed by atoms with Crippen LogP contribution < -0.4 is 0 Å². The van der Waals surface area contributed by atoms with Gasteiger partial charge in [-0.15, -0.1) is 0 Å². The Balaban J connectivity index is 1.66. The van der Waals surface area contributed by atoms with E-state index < -0.39 is 6.10 Å². The molecule has 2 aliphatic carbocycles. The van der Waals surface area contributed by atoms with Crippen LogP contribution in [0.2, 0.25) is 0 Å². The van der Waals surface area contributed by atoms with Crippen LogP contribution in [0.25, 0.3) is 0 Å². The Kier molecular flexibility index (Phi) is 3.83. The van der Waals surface area contributed by atoms with Crippen molar-refractivity contribution in [3.63, 3.8) is 0 Å². The van der Waals surface area contributed by atoms with Crippen LogP contribution in [0.15, 0.2) is 23.3 Å². The Morgan fingerprint density at radius 3 is 2.84 bits per heavy atom. The summed E-state index contributed by atoms with van der Waals surface area (Å²) in [6.07, 6.45) is 7.14. The molecule has 0 aromatic heterocycles. The van der Waals surface area contributed by atoms with Gasteiger partial charge in [0.25, 0.3) is 0 Å². The first-order valence-electron chi connectivity index (χ1n) is 9.29. The van der Waals surface area contributed by atoms with Crippen molar-refractivity contribution in [3.8, 4) is 0 Å². The van der Waals surface area contributed by atoms with Gasteiger partial charge in [0.15, 0.2) is 0 Å². The zero-order valence-corrected chi connectivity index (χ0v) is 14.9. The first-order valence-corrected chi connectivity index (χ1v) is 9.29. The molecule has 136 valence electrons. The van der Waals surface area contributed by atoms with Gasteiger partial charge in [0.1, 0.15) is 13.2 Å². The van der Waals surface area contributed by atoms with Gasteiger partial charge in [0.05, 0.1) is 6.10 Å². The van der Waals surface area contributed by atoms with Gasteiger partial charge in [0, 0.05) is 23.0 Å². The second kappa shape index (κ2) is 5.70. The van der Waals surface area contributed by atoms with Crippen LogP contribution in [0.3, 0.4) is 0 Å². The van der Waals surface area contributed by atoms with E-state index in [1.165, 1.54) is 0 Å². The number of ether oxygens (including phenoxy) is 2. The Bertz CT molecular complexity index is 678. The van der Waals surface area contributed by atoms with Crippen molar-refractivity contribution >= 4 is 11.9 Å². The molecule has 5 atom stereocenters. The Morgan fingerprint density at radius 1 is 1.32 bits per heavy atom. The maximum absolute atomic E-state index is 12.2. The molecule has 1 saturated heterocycles. The molecule has 4 rings (SSSR count). The fourth-order valence-electron chi connectivity index (χ4n) is 5.77. The number of carbonyl (C=O) groups is 2. The maximum Gasteiger partial charge on any atom is 0.334 e. The van der Waals surface area contributed by atoms with E-state index in [9.17, 15) is 14.7 Å². The van der Waals surface area contributed by atoms with Crippen molar-refractivity contribution in [1.82, 2.24) is 0 Å². The lowest BCUT2D eigenvalue weighted by molar-refractivity contribution is -0.137. The monoisotopic (exact) mass is 346 g/mol. The molecule has 5 nitrogen and oxygen atoms in total. The molecule has 1 saturated carbocycles. The van der Waals surface area contributed by atoms with E-state index in [2.05, 4.69) is 13.8 Å². The minimum Gasteiger partial charge on any atom is -0.461 e. The standard InChI is InChI=1S/C20H26O5/c1-12-5-8-20-11-25-18(23)14(20)3-4-15(21)17(20)19(12,2)7-6-13-9-16(22)24-10-13/h3,9,12,15,17,21H,4-8,10-11H2,1-2H3. The van der Waals surface area contributed by atoms with Crippen LogP contribution >= 0.6 is 0 Å². The van der Waals surface area contributed by atoms with Gasteiger partial charge < -0.3 is 14.6 Å². The molecule has 0 aromatic carbocycles. The van der Waals surface area contributed by atoms with Crippen LogP contribution in [0.1, 0.15) is 46.0 Å². The SMILES string of the molecule is CC1CCC23COC(=O)C2=CCC(O)C3C1(C)CCC1=CC(=O)OC1. The molecule has 2 fully saturated rings. The van der Waals surface area contributed by atoms with E-state index in [-0.39, 0.29) is 28.7 Å². The van der Waals surface area contributed by atoms with Gasteiger partial charge in [-0.3, -0.25) is 0 Å². The van der Waals surface area contributed by atoms with Crippen molar-refractivity contribution in [2.75, 3.05) is 13.2 Å². The molecule has 2 aliphatic heterocycles. The summed E-state index contributed by atoms with van der Waals surface area (Å²) in [6.45, 7) is 5.27. The lowest BCUT2D eigenvalue weighted by Gasteiger charge is -2.58. The minimum atomic E-state index is -0.457. The predicted octanol–water partition coefficient (Wildman–Crippen LogP) is 2.54. The second-order valence-electron chi connectivity index (χ2n) is 8.49. The fraction of sp³-hybridized carbons (Fsp3) is 0.700. The topological polar surface area (TPSA) is 72.8 Å². The number of aliphatic hydroxyl groups is 1. The Hall–Kier alpha value is -1.62. The second-order valence-corrected chi connectivity index (χ2v) is 8.49. The van der Waals surface area contributed by atoms with Crippen LogP contribution in [-0.4, -0.2) is 36.4 Å². The summed E-state index contributed by atoms with van der Waals surface area (Å²) in [5.41, 5.74) is 1.36. The highest BCUT2D eigenvalue weighted by atomic mass is 16.5. The zero-order chi connectivity index (χ0) is 17.8. The summed E-state index contributed by atoms with van der Waals surface area (Å²) in [5, 5.41) is 10.9. The molecule has 5 unspecified atom stereocenters. The first kappa shape index (κ1) is 16.8. The van der Waals surface area contributed by atoms with E-state index in [4.69, 9.17) is 9.47 Å². The van der Waals surface area contributed by atoms with Crippen LogP contribution in [0.5, 0.6) is 0 Å². The van der Waals surface area contributed by atoms with Gasteiger partial charge >= 0.3 is 11.9 Å². The van der Waals surface area contributed by atoms with Crippen molar-refractivity contribution < 1.29 is 24.2 Å². The van der Waals surface area contributed by atoms with Crippen molar-refractivity contribution in [2.24, 2.45) is 22.7 Å². The molecule has 1 spiro atoms. The maximum atomic E-state index is 12.2. The molecular weight excluding hydrogens is 320 g/mol. The summed E-state index contributed by atoms with van der Waals surface area (Å²) in [5.74, 6) is -0.0161. The average Bonchev–Trinajstić information content (AvgIpc) is 3.13. The quantitative estimate of drug-likeness (QED) is 0.795. The molecular formula is C20H26O5. The lowest BCUT2D eigenvalue weighted by atomic mass is 9.46. The molecule has 0 aromatic rings. The summed E-state index contributed by atoms with van der Waals surface area (Å²) in [7, 11) is 0. The Morgan fingerprint density at radius 2 is 2.12 bits per heavy atom. The minimum absolute atomic E-state index is 0.00817. The first-order chi connectivity index (χ1) is 11.9. The van der Waals surface area contributed by atoms with Crippen molar-refractivity contribution in [1.29, 1.82) is 0 Å². The number of carbonyl (C=O) groups excluding carboxylic acids is 2. The highest BCUT2D eigenvalue weighted by Gasteiger charge is 2.63. The number of cyclic esters (lactones) is 2. The van der Waals surface area contributed by atoms with Crippen LogP contribution in [-0.2, 0) is 19.1 Å². The van der Waals surface area contributed by atoms with Gasteiger partial charge in [0.2, 0.25) is 0 Å². The van der Waals surface area contributed by atoms with E-state index in [1.807, 2.05) is 6.08 Å². The molecule has 5 heteroatoms. The smallest absolute Gasteiger partial charge is 0.334 e. The van der Waals surface area contributed by atoms with E-state index in [0.29, 0.717) is 25.6 Å². The van der Waals surface area contributed by atoms with Gasteiger partial charge in [-0.1, -0.05) is 19.9 Å². The van der Waals surface area contributed by atoms with Gasteiger partial charge in [-0.05, 0) is 49.0 Å². The largest absolute Gasteiger partial charge is 0.461 e. The number of hydrogen-bond acceptors (Lipinski definition) is 5. The zero-order valence-electron chi connectivity index (χ0n) is 14.9. The highest BCUT2D eigenvalue weighted by Crippen LogP contribution is 2.63. The number of rotatable bonds is 3. The van der Waals surface area contributed by atoms with Crippen LogP contribution in [0.4, 0.5) is 0 Å². The van der Waals surface area contributed by atoms with E-state index >= 15 is 0 Å². The van der Waals surface area contributed by atoms with E-state index in [0.717, 1.165) is 36.8 Å². The third kappa shape index (κ3) is 2.39. The normalized spacial score (nSPS) is 42.9. The summed E-state index contributed by atoms with van der Waals surface area (Å²) in [6, 6.07) is 0. The third-order valence-corrected chi connectivity index (χ3v) is 7.33. The van der Waals surface area contributed by atoms with Crippen molar-refractivity contribution in [2.45, 2.75) is 52.1 Å². The molecule has 0 radical (unpaired) electrons. The number of esters is 2. The van der Waals surface area contributed by atoms with Gasteiger partial charge in [-0.2, -0.15) is 0 Å².